The predicted octanol–water partition coefficient (Wildman–Crippen LogP) is 1.25. The van der Waals surface area contributed by atoms with Crippen molar-refractivity contribution >= 4 is 5.91 Å². The van der Waals surface area contributed by atoms with Crippen molar-refractivity contribution in [1.82, 2.24) is 5.32 Å². The van der Waals surface area contributed by atoms with Crippen molar-refractivity contribution in [3.05, 3.63) is 18.7 Å². The van der Waals surface area contributed by atoms with E-state index in [1.54, 1.807) is 0 Å². The molecule has 0 unspecified atom stereocenters. The zero-order chi connectivity index (χ0) is 7.28. The molecule has 9 heavy (non-hydrogen) atoms. The second-order valence-corrected chi connectivity index (χ2v) is 1.91. The Bertz CT molecular complexity index is 127. The Hall–Kier alpha value is -0.790. The van der Waals surface area contributed by atoms with Gasteiger partial charge in [-0.15, -0.1) is 0 Å². The van der Waals surface area contributed by atoms with Crippen molar-refractivity contribution in [1.29, 1.82) is 0 Å². The molecule has 0 aromatic rings. The zero-order valence-corrected chi connectivity index (χ0v) is 5.90. The summed E-state index contributed by atoms with van der Waals surface area (Å²) < 4.78 is 0. The highest BCUT2D eigenvalue weighted by Crippen LogP contribution is 1.97. The Morgan fingerprint density at radius 3 is 2.67 bits per heavy atom. The maximum atomic E-state index is 10.6. The molecule has 0 saturated heterocycles. The maximum absolute atomic E-state index is 10.6. The minimum Gasteiger partial charge on any atom is -0.354 e. The van der Waals surface area contributed by atoms with Gasteiger partial charge < -0.3 is 5.32 Å². The molecule has 0 atom stereocenters. The van der Waals surface area contributed by atoms with Gasteiger partial charge in [-0.05, 0) is 13.8 Å². The molecule has 0 rings (SSSR count). The number of hydrogen-bond acceptors (Lipinski definition) is 1. The summed E-state index contributed by atoms with van der Waals surface area (Å²) in [5.74, 6) is -0.0365. The highest BCUT2D eigenvalue weighted by molar-refractivity contribution is 5.78. The van der Waals surface area contributed by atoms with Crippen LogP contribution in [0.1, 0.15) is 20.3 Å². The quantitative estimate of drug-likeness (QED) is 0.554. The minimum atomic E-state index is -0.0365. The molecule has 1 radical (unpaired) electrons. The Labute approximate surface area is 56.0 Å². The fourth-order valence-corrected chi connectivity index (χ4v) is 0.418. The van der Waals surface area contributed by atoms with E-state index in [4.69, 9.17) is 0 Å². The molecule has 1 amide bonds. The molecule has 51 valence electrons. The number of hydrogen-bond donors (Lipinski definition) is 1. The lowest BCUT2D eigenvalue weighted by Gasteiger charge is -1.96. The molecule has 2 nitrogen and oxygen atoms in total. The summed E-state index contributed by atoms with van der Waals surface area (Å²) in [6, 6.07) is 0. The average Bonchev–Trinajstić information content (AvgIpc) is 1.87. The number of amides is 1. The second-order valence-electron chi connectivity index (χ2n) is 1.91. The normalized spacial score (nSPS) is 11.2. The molecular formula is C7H12NO. The Balaban J connectivity index is 3.60. The van der Waals surface area contributed by atoms with Crippen LogP contribution in [0.2, 0.25) is 0 Å². The lowest BCUT2D eigenvalue weighted by Crippen LogP contribution is -2.14. The lowest BCUT2D eigenvalue weighted by molar-refractivity contribution is -0.119. The van der Waals surface area contributed by atoms with Crippen LogP contribution in [0.25, 0.3) is 0 Å². The fourth-order valence-electron chi connectivity index (χ4n) is 0.418. The number of carbonyl (C=O) groups excluding carboxylic acids is 1. The summed E-state index contributed by atoms with van der Waals surface area (Å²) in [6.07, 6.45) is 2.37. The van der Waals surface area contributed by atoms with Gasteiger partial charge in [-0.2, -0.15) is 0 Å². The van der Waals surface area contributed by atoms with Crippen molar-refractivity contribution < 1.29 is 4.79 Å². The number of allylic oxidation sites excluding steroid dienone is 1. The highest BCUT2D eigenvalue weighted by atomic mass is 16.1. The summed E-state index contributed by atoms with van der Waals surface area (Å²) in [5.41, 5.74) is 1.07. The van der Waals surface area contributed by atoms with Gasteiger partial charge in [0.15, 0.2) is 0 Å². The topological polar surface area (TPSA) is 29.1 Å². The summed E-state index contributed by atoms with van der Waals surface area (Å²) in [7, 11) is 3.25. The van der Waals surface area contributed by atoms with Gasteiger partial charge in [-0.3, -0.25) is 4.79 Å². The van der Waals surface area contributed by atoms with E-state index in [2.05, 4.69) is 12.4 Å². The van der Waals surface area contributed by atoms with E-state index in [9.17, 15) is 4.79 Å². The van der Waals surface area contributed by atoms with Gasteiger partial charge in [0.25, 0.3) is 0 Å². The van der Waals surface area contributed by atoms with Crippen molar-refractivity contribution in [3.63, 3.8) is 0 Å². The molecule has 0 aromatic heterocycles. The SMILES string of the molecule is [CH2]NC(=O)C/C(C)=C/C. The monoisotopic (exact) mass is 126 g/mol. The van der Waals surface area contributed by atoms with Crippen LogP contribution in [0.15, 0.2) is 11.6 Å². The average molecular weight is 126 g/mol. The first-order valence-corrected chi connectivity index (χ1v) is 2.88. The molecule has 0 aliphatic rings. The van der Waals surface area contributed by atoms with E-state index in [-0.39, 0.29) is 5.91 Å². The van der Waals surface area contributed by atoms with Gasteiger partial charge in [-0.1, -0.05) is 11.6 Å². The molecular weight excluding hydrogens is 114 g/mol. The van der Waals surface area contributed by atoms with Crippen LogP contribution in [-0.2, 0) is 4.79 Å². The molecule has 0 aliphatic heterocycles. The third-order valence-corrected chi connectivity index (χ3v) is 1.13. The largest absolute Gasteiger partial charge is 0.354 e. The van der Waals surface area contributed by atoms with Gasteiger partial charge in [0.05, 0.1) is 0 Å². The first kappa shape index (κ1) is 8.21. The predicted molar refractivity (Wildman–Crippen MR) is 37.5 cm³/mol. The first-order valence-electron chi connectivity index (χ1n) is 2.88. The van der Waals surface area contributed by atoms with Crippen molar-refractivity contribution in [2.45, 2.75) is 20.3 Å². The zero-order valence-electron chi connectivity index (χ0n) is 5.90. The van der Waals surface area contributed by atoms with Crippen molar-refractivity contribution in [2.24, 2.45) is 0 Å². The summed E-state index contributed by atoms with van der Waals surface area (Å²) in [6.45, 7) is 3.82. The molecule has 0 aliphatic carbocycles. The Morgan fingerprint density at radius 1 is 1.78 bits per heavy atom. The second kappa shape index (κ2) is 4.13. The van der Waals surface area contributed by atoms with E-state index >= 15 is 0 Å². The van der Waals surface area contributed by atoms with Crippen LogP contribution in [0, 0.1) is 7.05 Å². The Kier molecular flexibility index (Phi) is 3.76. The van der Waals surface area contributed by atoms with Crippen LogP contribution in [0.3, 0.4) is 0 Å². The van der Waals surface area contributed by atoms with Gasteiger partial charge in [0.2, 0.25) is 5.91 Å². The number of carbonyl (C=O) groups is 1. The molecule has 0 heterocycles. The van der Waals surface area contributed by atoms with Gasteiger partial charge >= 0.3 is 0 Å². The van der Waals surface area contributed by atoms with E-state index in [1.807, 2.05) is 19.9 Å². The van der Waals surface area contributed by atoms with E-state index < -0.39 is 0 Å². The molecule has 0 bridgehead atoms. The van der Waals surface area contributed by atoms with E-state index in [1.165, 1.54) is 0 Å². The van der Waals surface area contributed by atoms with E-state index in [0.29, 0.717) is 6.42 Å². The van der Waals surface area contributed by atoms with Crippen LogP contribution < -0.4 is 5.32 Å². The molecule has 1 N–H and O–H groups in total. The molecule has 2 heteroatoms. The Morgan fingerprint density at radius 2 is 2.33 bits per heavy atom. The van der Waals surface area contributed by atoms with Crippen LogP contribution >= 0.6 is 0 Å². The number of rotatable bonds is 2. The standard InChI is InChI=1S/C7H12NO/c1-4-6(2)5-7(9)8-3/h4H,3,5H2,1-2H3,(H,8,9)/b6-4+. The summed E-state index contributed by atoms with van der Waals surface area (Å²) >= 11 is 0. The van der Waals surface area contributed by atoms with Crippen LogP contribution in [-0.4, -0.2) is 5.91 Å². The van der Waals surface area contributed by atoms with Crippen molar-refractivity contribution in [2.75, 3.05) is 0 Å². The third-order valence-electron chi connectivity index (χ3n) is 1.13. The maximum Gasteiger partial charge on any atom is 0.224 e. The molecule has 0 aromatic carbocycles. The van der Waals surface area contributed by atoms with E-state index in [0.717, 1.165) is 5.57 Å². The third kappa shape index (κ3) is 3.76. The highest BCUT2D eigenvalue weighted by Gasteiger charge is 1.95. The smallest absolute Gasteiger partial charge is 0.224 e. The van der Waals surface area contributed by atoms with Gasteiger partial charge in [-0.25, -0.2) is 0 Å². The minimum absolute atomic E-state index is 0.0365. The van der Waals surface area contributed by atoms with Gasteiger partial charge in [0, 0.05) is 13.5 Å². The van der Waals surface area contributed by atoms with Crippen molar-refractivity contribution in [3.8, 4) is 0 Å². The fraction of sp³-hybridized carbons (Fsp3) is 0.429. The van der Waals surface area contributed by atoms with Crippen LogP contribution in [0.5, 0.6) is 0 Å². The number of nitrogens with one attached hydrogen (secondary N) is 1. The summed E-state index contributed by atoms with van der Waals surface area (Å²) in [4.78, 5) is 10.6. The van der Waals surface area contributed by atoms with Crippen LogP contribution in [0.4, 0.5) is 0 Å². The molecule has 0 spiro atoms. The first-order chi connectivity index (χ1) is 4.20. The molecule has 0 fully saturated rings. The lowest BCUT2D eigenvalue weighted by atomic mass is 10.2. The molecule has 0 saturated carbocycles. The summed E-state index contributed by atoms with van der Waals surface area (Å²) in [5, 5.41) is 2.30. The van der Waals surface area contributed by atoms with Gasteiger partial charge in [0.1, 0.15) is 0 Å².